The van der Waals surface area contributed by atoms with Gasteiger partial charge in [0.2, 0.25) is 5.95 Å². The molecule has 31 heavy (non-hydrogen) atoms. The molecule has 2 aromatic heterocycles. The Labute approximate surface area is 177 Å². The Kier molecular flexibility index (Phi) is 4.10. The Morgan fingerprint density at radius 2 is 2.03 bits per heavy atom. The predicted molar refractivity (Wildman–Crippen MR) is 108 cm³/mol. The molecule has 3 aromatic rings. The number of hydrogen-bond donors (Lipinski definition) is 2. The largest absolute Gasteiger partial charge is 0.486 e. The van der Waals surface area contributed by atoms with Crippen molar-refractivity contribution in [3.8, 4) is 11.5 Å². The number of nitrogens with zero attached hydrogens (tertiary/aromatic N) is 3. The van der Waals surface area contributed by atoms with Crippen molar-refractivity contribution < 1.29 is 23.8 Å². The van der Waals surface area contributed by atoms with Crippen LogP contribution in [0.4, 0.5) is 5.95 Å². The molecule has 2 atom stereocenters. The van der Waals surface area contributed by atoms with E-state index >= 15 is 0 Å². The first-order valence-corrected chi connectivity index (χ1v) is 10.2. The van der Waals surface area contributed by atoms with Crippen LogP contribution in [0.1, 0.15) is 41.9 Å². The van der Waals surface area contributed by atoms with Gasteiger partial charge in [-0.15, -0.1) is 0 Å². The highest BCUT2D eigenvalue weighted by atomic mass is 16.6. The molecule has 6 rings (SSSR count). The topological polar surface area (TPSA) is 112 Å². The summed E-state index contributed by atoms with van der Waals surface area (Å²) in [5.74, 6) is 2.89. The lowest BCUT2D eigenvalue weighted by atomic mass is 9.79. The van der Waals surface area contributed by atoms with Gasteiger partial charge in [0.05, 0.1) is 6.26 Å². The first-order valence-electron chi connectivity index (χ1n) is 10.2. The lowest BCUT2D eigenvalue weighted by molar-refractivity contribution is -0.117. The van der Waals surface area contributed by atoms with Gasteiger partial charge in [-0.2, -0.15) is 10.1 Å². The van der Waals surface area contributed by atoms with Crippen molar-refractivity contribution in [3.05, 3.63) is 65.0 Å². The van der Waals surface area contributed by atoms with Gasteiger partial charge < -0.3 is 24.3 Å². The number of carbonyl (C=O) groups is 1. The third kappa shape index (κ3) is 2.92. The molecule has 0 saturated heterocycles. The molecule has 0 saturated carbocycles. The predicted octanol–water partition coefficient (Wildman–Crippen LogP) is 2.55. The van der Waals surface area contributed by atoms with Crippen LogP contribution in [0.15, 0.2) is 52.3 Å². The molecule has 3 aliphatic rings. The Morgan fingerprint density at radius 1 is 1.16 bits per heavy atom. The SMILES string of the molecule is O=C1CC(c2ccco2)CC2=C1C(c1ccc3c(c1)OCCO3)n1nc(CO)nc1N2. The second kappa shape index (κ2) is 6.98. The number of aliphatic hydroxyl groups excluding tert-OH is 1. The Bertz CT molecular complexity index is 1200. The summed E-state index contributed by atoms with van der Waals surface area (Å²) in [5, 5.41) is 17.3. The molecule has 9 heteroatoms. The van der Waals surface area contributed by atoms with Crippen molar-refractivity contribution in [2.45, 2.75) is 31.4 Å². The van der Waals surface area contributed by atoms with Crippen molar-refractivity contribution in [2.75, 3.05) is 18.5 Å². The maximum Gasteiger partial charge on any atom is 0.226 e. The van der Waals surface area contributed by atoms with Gasteiger partial charge in [-0.3, -0.25) is 4.79 Å². The molecule has 0 bridgehead atoms. The molecule has 0 fully saturated rings. The Hall–Kier alpha value is -3.59. The van der Waals surface area contributed by atoms with Crippen LogP contribution in [0.25, 0.3) is 0 Å². The van der Waals surface area contributed by atoms with E-state index in [0.717, 1.165) is 17.0 Å². The summed E-state index contributed by atoms with van der Waals surface area (Å²) in [4.78, 5) is 17.8. The average molecular weight is 420 g/mol. The van der Waals surface area contributed by atoms with Gasteiger partial charge in [-0.1, -0.05) is 6.07 Å². The Morgan fingerprint density at radius 3 is 2.84 bits per heavy atom. The molecule has 1 aromatic carbocycles. The molecule has 2 N–H and O–H groups in total. The summed E-state index contributed by atoms with van der Waals surface area (Å²) in [7, 11) is 0. The number of carbonyl (C=O) groups excluding carboxylic acids is 1. The van der Waals surface area contributed by atoms with Gasteiger partial charge in [0.15, 0.2) is 23.1 Å². The van der Waals surface area contributed by atoms with E-state index in [1.165, 1.54) is 0 Å². The van der Waals surface area contributed by atoms with E-state index in [4.69, 9.17) is 13.9 Å². The summed E-state index contributed by atoms with van der Waals surface area (Å²) in [6.07, 6.45) is 2.60. The number of Topliss-reactive ketones (excluding diaryl/α,β-unsaturated/α-hetero) is 1. The number of benzene rings is 1. The van der Waals surface area contributed by atoms with Gasteiger partial charge in [0.1, 0.15) is 31.6 Å². The summed E-state index contributed by atoms with van der Waals surface area (Å²) >= 11 is 0. The minimum absolute atomic E-state index is 0.0294. The first kappa shape index (κ1) is 18.2. The van der Waals surface area contributed by atoms with Crippen LogP contribution in [-0.2, 0) is 11.4 Å². The lowest BCUT2D eigenvalue weighted by Gasteiger charge is -2.34. The smallest absolute Gasteiger partial charge is 0.226 e. The molecule has 1 aliphatic carbocycles. The van der Waals surface area contributed by atoms with Crippen LogP contribution in [0.2, 0.25) is 0 Å². The maximum absolute atomic E-state index is 13.4. The van der Waals surface area contributed by atoms with Crippen molar-refractivity contribution >= 4 is 11.7 Å². The Balaban J connectivity index is 1.48. The van der Waals surface area contributed by atoms with E-state index in [0.29, 0.717) is 54.9 Å². The zero-order valence-corrected chi connectivity index (χ0v) is 16.6. The van der Waals surface area contributed by atoms with Crippen molar-refractivity contribution in [1.82, 2.24) is 14.8 Å². The van der Waals surface area contributed by atoms with E-state index in [2.05, 4.69) is 15.4 Å². The van der Waals surface area contributed by atoms with Gasteiger partial charge in [-0.05, 0) is 36.2 Å². The van der Waals surface area contributed by atoms with E-state index in [1.54, 1.807) is 10.9 Å². The normalized spacial score (nSPS) is 22.0. The van der Waals surface area contributed by atoms with E-state index < -0.39 is 6.04 Å². The number of ketones is 1. The van der Waals surface area contributed by atoms with Crippen LogP contribution in [-0.4, -0.2) is 38.9 Å². The number of anilines is 1. The number of aliphatic hydroxyl groups is 1. The van der Waals surface area contributed by atoms with Crippen molar-refractivity contribution in [3.63, 3.8) is 0 Å². The minimum Gasteiger partial charge on any atom is -0.486 e. The number of aromatic nitrogens is 3. The van der Waals surface area contributed by atoms with E-state index in [9.17, 15) is 9.90 Å². The summed E-state index contributed by atoms with van der Waals surface area (Å²) in [5.41, 5.74) is 2.31. The van der Waals surface area contributed by atoms with Crippen LogP contribution in [0.3, 0.4) is 0 Å². The molecule has 9 nitrogen and oxygen atoms in total. The summed E-state index contributed by atoms with van der Waals surface area (Å²) < 4.78 is 18.6. The molecule has 0 radical (unpaired) electrons. The average Bonchev–Trinajstić information content (AvgIpc) is 3.47. The number of hydrogen-bond acceptors (Lipinski definition) is 8. The molecule has 158 valence electrons. The monoisotopic (exact) mass is 420 g/mol. The van der Waals surface area contributed by atoms with Crippen LogP contribution >= 0.6 is 0 Å². The highest BCUT2D eigenvalue weighted by Crippen LogP contribution is 2.45. The van der Waals surface area contributed by atoms with Crippen molar-refractivity contribution in [2.24, 2.45) is 0 Å². The van der Waals surface area contributed by atoms with Crippen LogP contribution in [0, 0.1) is 0 Å². The number of allylic oxidation sites excluding steroid dienone is 2. The van der Waals surface area contributed by atoms with Gasteiger partial charge in [0.25, 0.3) is 0 Å². The second-order valence-electron chi connectivity index (χ2n) is 7.82. The zero-order valence-electron chi connectivity index (χ0n) is 16.6. The third-order valence-corrected chi connectivity index (χ3v) is 5.93. The number of nitrogens with one attached hydrogen (secondary N) is 1. The number of rotatable bonds is 3. The maximum atomic E-state index is 13.4. The molecule has 2 unspecified atom stereocenters. The fourth-order valence-electron chi connectivity index (χ4n) is 4.59. The van der Waals surface area contributed by atoms with E-state index in [-0.39, 0.29) is 18.3 Å². The first-order chi connectivity index (χ1) is 15.2. The highest BCUT2D eigenvalue weighted by molar-refractivity contribution is 6.00. The fourth-order valence-corrected chi connectivity index (χ4v) is 4.59. The second-order valence-corrected chi connectivity index (χ2v) is 7.82. The highest BCUT2D eigenvalue weighted by Gasteiger charge is 2.40. The van der Waals surface area contributed by atoms with Gasteiger partial charge in [-0.25, -0.2) is 4.68 Å². The minimum atomic E-state index is -0.472. The van der Waals surface area contributed by atoms with Crippen LogP contribution in [0.5, 0.6) is 11.5 Å². The third-order valence-electron chi connectivity index (χ3n) is 5.93. The quantitative estimate of drug-likeness (QED) is 0.665. The van der Waals surface area contributed by atoms with Crippen LogP contribution < -0.4 is 14.8 Å². The number of ether oxygens (including phenoxy) is 2. The van der Waals surface area contributed by atoms with Crippen molar-refractivity contribution in [1.29, 1.82) is 0 Å². The fraction of sp³-hybridized carbons (Fsp3) is 0.318. The lowest BCUT2D eigenvalue weighted by Crippen LogP contribution is -2.33. The standard InChI is InChI=1S/C22H20N4O5/c27-11-19-24-22-23-14-8-13(16-2-1-5-29-16)9-15(28)20(14)21(26(22)25-19)12-3-4-17-18(10-12)31-7-6-30-17/h1-5,10,13,21,27H,6-9,11H2,(H,23,24,25). The van der Waals surface area contributed by atoms with E-state index in [1.807, 2.05) is 30.3 Å². The number of fused-ring (bicyclic) bond motifs is 2. The number of furan rings is 1. The molecular formula is C22H20N4O5. The van der Waals surface area contributed by atoms with Gasteiger partial charge in [0, 0.05) is 23.6 Å². The molecule has 2 aliphatic heterocycles. The summed E-state index contributed by atoms with van der Waals surface area (Å²) in [6.45, 7) is 0.696. The summed E-state index contributed by atoms with van der Waals surface area (Å²) in [6, 6.07) is 8.93. The molecular weight excluding hydrogens is 400 g/mol. The van der Waals surface area contributed by atoms with Gasteiger partial charge >= 0.3 is 0 Å². The zero-order chi connectivity index (χ0) is 20.9. The molecule has 4 heterocycles. The molecule has 0 spiro atoms. The molecule has 0 amide bonds.